The van der Waals surface area contributed by atoms with Crippen molar-refractivity contribution in [2.24, 2.45) is 0 Å². The van der Waals surface area contributed by atoms with E-state index in [1.807, 2.05) is 18.3 Å². The van der Waals surface area contributed by atoms with Gasteiger partial charge >= 0.3 is 0 Å². The van der Waals surface area contributed by atoms with Gasteiger partial charge in [-0.2, -0.15) is 0 Å². The summed E-state index contributed by atoms with van der Waals surface area (Å²) in [6.07, 6.45) is 0. The van der Waals surface area contributed by atoms with Crippen LogP contribution in [-0.2, 0) is 11.3 Å². The fraction of sp³-hybridized carbons (Fsp3) is 0.500. The van der Waals surface area contributed by atoms with Gasteiger partial charge in [-0.15, -0.1) is 11.3 Å². The van der Waals surface area contributed by atoms with Gasteiger partial charge in [-0.1, -0.05) is 12.2 Å². The molecule has 1 heterocycles. The zero-order valence-corrected chi connectivity index (χ0v) is 10.3. The highest BCUT2D eigenvalue weighted by molar-refractivity contribution is 7.11. The summed E-state index contributed by atoms with van der Waals surface area (Å²) >= 11 is 1.84. The number of hydrogen-bond donors (Lipinski definition) is 1. The Morgan fingerprint density at radius 2 is 2.33 bits per heavy atom. The lowest BCUT2D eigenvalue weighted by molar-refractivity contribution is 0.158. The lowest BCUT2D eigenvalue weighted by Gasteiger charge is -2.04. The molecule has 1 aromatic heterocycles. The molecule has 0 unspecified atom stereocenters. The van der Waals surface area contributed by atoms with Crippen LogP contribution in [0.2, 0.25) is 0 Å². The summed E-state index contributed by atoms with van der Waals surface area (Å²) in [5, 5.41) is 3.34. The van der Waals surface area contributed by atoms with Crippen molar-refractivity contribution in [1.82, 2.24) is 5.32 Å². The van der Waals surface area contributed by atoms with Crippen molar-refractivity contribution in [2.75, 3.05) is 19.8 Å². The predicted octanol–water partition coefficient (Wildman–Crippen LogP) is 2.74. The third-order valence-electron chi connectivity index (χ3n) is 1.87. The van der Waals surface area contributed by atoms with Crippen LogP contribution in [0, 0.1) is 6.92 Å². The minimum absolute atomic E-state index is 0.666. The van der Waals surface area contributed by atoms with E-state index < -0.39 is 0 Å². The molecule has 1 aromatic rings. The molecular formula is C12H19NOS. The van der Waals surface area contributed by atoms with Gasteiger partial charge in [-0.25, -0.2) is 0 Å². The van der Waals surface area contributed by atoms with E-state index >= 15 is 0 Å². The summed E-state index contributed by atoms with van der Waals surface area (Å²) in [6.45, 7) is 11.1. The molecule has 0 atom stereocenters. The van der Waals surface area contributed by atoms with Gasteiger partial charge < -0.3 is 10.1 Å². The van der Waals surface area contributed by atoms with Crippen LogP contribution in [0.3, 0.4) is 0 Å². The molecule has 0 aromatic carbocycles. The van der Waals surface area contributed by atoms with E-state index in [0.29, 0.717) is 6.61 Å². The standard InChI is InChI=1S/C12H19NOS/c1-10(2)9-14-7-6-13-8-12-5-4-11(3)15-12/h4-5,13H,1,6-9H2,2-3H3. The SMILES string of the molecule is C=C(C)COCCNCc1ccc(C)s1. The summed E-state index contributed by atoms with van der Waals surface area (Å²) in [4.78, 5) is 2.75. The number of ether oxygens (including phenoxy) is 1. The predicted molar refractivity (Wildman–Crippen MR) is 66.4 cm³/mol. The van der Waals surface area contributed by atoms with Gasteiger partial charge in [0.25, 0.3) is 0 Å². The number of hydrogen-bond acceptors (Lipinski definition) is 3. The summed E-state index contributed by atoms with van der Waals surface area (Å²) in [5.41, 5.74) is 1.07. The number of rotatable bonds is 7. The fourth-order valence-corrected chi connectivity index (χ4v) is 2.04. The summed E-state index contributed by atoms with van der Waals surface area (Å²) in [5.74, 6) is 0. The minimum Gasteiger partial charge on any atom is -0.376 e. The van der Waals surface area contributed by atoms with Crippen LogP contribution in [0.15, 0.2) is 24.3 Å². The zero-order chi connectivity index (χ0) is 11.1. The topological polar surface area (TPSA) is 21.3 Å². The van der Waals surface area contributed by atoms with Crippen molar-refractivity contribution in [1.29, 1.82) is 0 Å². The van der Waals surface area contributed by atoms with Crippen LogP contribution in [0.5, 0.6) is 0 Å². The first kappa shape index (κ1) is 12.4. The summed E-state index contributed by atoms with van der Waals surface area (Å²) in [7, 11) is 0. The van der Waals surface area contributed by atoms with Crippen LogP contribution in [0.1, 0.15) is 16.7 Å². The van der Waals surface area contributed by atoms with Gasteiger partial charge in [0.15, 0.2) is 0 Å². The van der Waals surface area contributed by atoms with E-state index in [4.69, 9.17) is 4.74 Å². The van der Waals surface area contributed by atoms with Crippen LogP contribution in [0.4, 0.5) is 0 Å². The maximum atomic E-state index is 5.38. The Labute approximate surface area is 96.0 Å². The molecule has 1 N–H and O–H groups in total. The van der Waals surface area contributed by atoms with Gasteiger partial charge in [0.1, 0.15) is 0 Å². The van der Waals surface area contributed by atoms with Crippen molar-refractivity contribution < 1.29 is 4.74 Å². The Bertz CT molecular complexity index is 306. The summed E-state index contributed by atoms with van der Waals surface area (Å²) < 4.78 is 5.38. The van der Waals surface area contributed by atoms with E-state index in [9.17, 15) is 0 Å². The maximum absolute atomic E-state index is 5.38. The van der Waals surface area contributed by atoms with Crippen molar-refractivity contribution >= 4 is 11.3 Å². The van der Waals surface area contributed by atoms with Crippen LogP contribution in [0.25, 0.3) is 0 Å². The largest absolute Gasteiger partial charge is 0.376 e. The van der Waals surface area contributed by atoms with Crippen molar-refractivity contribution in [2.45, 2.75) is 20.4 Å². The Morgan fingerprint density at radius 3 is 2.93 bits per heavy atom. The fourth-order valence-electron chi connectivity index (χ4n) is 1.18. The molecule has 15 heavy (non-hydrogen) atoms. The second kappa shape index (κ2) is 6.77. The third-order valence-corrected chi connectivity index (χ3v) is 2.87. The molecule has 0 aliphatic heterocycles. The van der Waals surface area contributed by atoms with E-state index in [0.717, 1.165) is 25.3 Å². The van der Waals surface area contributed by atoms with Crippen molar-refractivity contribution in [3.8, 4) is 0 Å². The highest BCUT2D eigenvalue weighted by atomic mass is 32.1. The normalized spacial score (nSPS) is 10.5. The van der Waals surface area contributed by atoms with Gasteiger partial charge in [-0.05, 0) is 26.0 Å². The molecular weight excluding hydrogens is 206 g/mol. The molecule has 0 radical (unpaired) electrons. The van der Waals surface area contributed by atoms with Crippen molar-refractivity contribution in [3.05, 3.63) is 34.0 Å². The quantitative estimate of drug-likeness (QED) is 0.569. The summed E-state index contributed by atoms with van der Waals surface area (Å²) in [6, 6.07) is 4.32. The first-order chi connectivity index (χ1) is 7.18. The van der Waals surface area contributed by atoms with E-state index in [2.05, 4.69) is 31.0 Å². The highest BCUT2D eigenvalue weighted by Gasteiger charge is 1.95. The Balaban J connectivity index is 2.00. The van der Waals surface area contributed by atoms with Crippen molar-refractivity contribution in [3.63, 3.8) is 0 Å². The van der Waals surface area contributed by atoms with Gasteiger partial charge in [0.05, 0.1) is 13.2 Å². The Kier molecular flexibility index (Phi) is 5.61. The second-order valence-corrected chi connectivity index (χ2v) is 5.07. The molecule has 0 aliphatic carbocycles. The van der Waals surface area contributed by atoms with Crippen LogP contribution < -0.4 is 5.32 Å². The smallest absolute Gasteiger partial charge is 0.0672 e. The third kappa shape index (κ3) is 5.72. The molecule has 0 spiro atoms. The molecule has 0 amide bonds. The maximum Gasteiger partial charge on any atom is 0.0672 e. The molecule has 84 valence electrons. The van der Waals surface area contributed by atoms with Crippen LogP contribution >= 0.6 is 11.3 Å². The lowest BCUT2D eigenvalue weighted by Crippen LogP contribution is -2.19. The lowest BCUT2D eigenvalue weighted by atomic mass is 10.4. The Morgan fingerprint density at radius 1 is 1.53 bits per heavy atom. The monoisotopic (exact) mass is 225 g/mol. The highest BCUT2D eigenvalue weighted by Crippen LogP contribution is 2.14. The van der Waals surface area contributed by atoms with E-state index in [-0.39, 0.29) is 0 Å². The average molecular weight is 225 g/mol. The molecule has 0 bridgehead atoms. The van der Waals surface area contributed by atoms with Gasteiger partial charge in [0, 0.05) is 22.8 Å². The van der Waals surface area contributed by atoms with Gasteiger partial charge in [-0.3, -0.25) is 0 Å². The average Bonchev–Trinajstić information content (AvgIpc) is 2.57. The second-order valence-electron chi connectivity index (χ2n) is 3.70. The van der Waals surface area contributed by atoms with Gasteiger partial charge in [0.2, 0.25) is 0 Å². The Hall–Kier alpha value is -0.640. The first-order valence-electron chi connectivity index (χ1n) is 5.16. The number of thiophene rings is 1. The molecule has 0 saturated heterocycles. The first-order valence-corrected chi connectivity index (χ1v) is 5.98. The van der Waals surface area contributed by atoms with E-state index in [1.165, 1.54) is 9.75 Å². The van der Waals surface area contributed by atoms with Crippen LogP contribution in [-0.4, -0.2) is 19.8 Å². The number of aryl methyl sites for hydroxylation is 1. The van der Waals surface area contributed by atoms with E-state index in [1.54, 1.807) is 0 Å². The molecule has 0 aliphatic rings. The zero-order valence-electron chi connectivity index (χ0n) is 9.51. The molecule has 0 fully saturated rings. The molecule has 3 heteroatoms. The molecule has 1 rings (SSSR count). The minimum atomic E-state index is 0.666. The number of nitrogens with one attached hydrogen (secondary N) is 1. The molecule has 0 saturated carbocycles. The molecule has 2 nitrogen and oxygen atoms in total.